The van der Waals surface area contributed by atoms with E-state index in [9.17, 15) is 8.78 Å². The first-order valence-corrected chi connectivity index (χ1v) is 12.0. The van der Waals surface area contributed by atoms with Gasteiger partial charge >= 0.3 is 0 Å². The largest absolute Gasteiger partial charge is 0.491 e. The average molecular weight is 447 g/mol. The number of ether oxygens (including phenoxy) is 1. The minimum absolute atomic E-state index is 0.0427. The van der Waals surface area contributed by atoms with Crippen LogP contribution in [0.15, 0.2) is 67.2 Å². The third-order valence-corrected chi connectivity index (χ3v) is 6.94. The molecule has 0 N–H and O–H groups in total. The fraction of sp³-hybridized carbons (Fsp3) is 0.333. The van der Waals surface area contributed by atoms with Gasteiger partial charge in [-0.05, 0) is 91.7 Å². The summed E-state index contributed by atoms with van der Waals surface area (Å²) < 4.78 is 33.8. The molecule has 3 aromatic rings. The van der Waals surface area contributed by atoms with Crippen molar-refractivity contribution in [2.75, 3.05) is 6.61 Å². The van der Waals surface area contributed by atoms with Gasteiger partial charge in [0.2, 0.25) is 5.82 Å². The van der Waals surface area contributed by atoms with Crippen LogP contribution in [0.25, 0.3) is 17.2 Å². The molecule has 0 atom stereocenters. The third-order valence-electron chi connectivity index (χ3n) is 6.94. The molecule has 0 unspecified atom stereocenters. The summed E-state index contributed by atoms with van der Waals surface area (Å²) in [6.07, 6.45) is 9.11. The molecular formula is C30H32F2O. The molecule has 0 saturated heterocycles. The SMILES string of the molecule is C=Cc1ccc(C2CCC(CCc3ccc(-c4ccc(OCC)c(F)c4F)cc3)CC2)cc1. The fourth-order valence-corrected chi connectivity index (χ4v) is 4.93. The van der Waals surface area contributed by atoms with Gasteiger partial charge in [0.1, 0.15) is 0 Å². The van der Waals surface area contributed by atoms with E-state index in [-0.39, 0.29) is 11.3 Å². The number of rotatable bonds is 8. The number of halogens is 2. The van der Waals surface area contributed by atoms with Crippen LogP contribution < -0.4 is 4.74 Å². The molecule has 1 aliphatic rings. The summed E-state index contributed by atoms with van der Waals surface area (Å²) in [4.78, 5) is 0. The standard InChI is InChI=1S/C30H32F2O/c1-3-21-7-13-24(14-8-21)25-15-9-22(10-16-25)5-6-23-11-17-26(18-12-23)27-19-20-28(33-4-2)30(32)29(27)31/h3,7-8,11-14,17-20,22,25H,1,4-6,9-10,15-16H2,2H3. The predicted octanol–water partition coefficient (Wildman–Crippen LogP) is 8.58. The van der Waals surface area contributed by atoms with Crippen LogP contribution in [-0.2, 0) is 6.42 Å². The summed E-state index contributed by atoms with van der Waals surface area (Å²) in [5, 5.41) is 0. The van der Waals surface area contributed by atoms with Crippen molar-refractivity contribution in [3.63, 3.8) is 0 Å². The second-order valence-electron chi connectivity index (χ2n) is 9.00. The highest BCUT2D eigenvalue weighted by molar-refractivity contribution is 5.65. The van der Waals surface area contributed by atoms with E-state index in [0.29, 0.717) is 18.1 Å². The summed E-state index contributed by atoms with van der Waals surface area (Å²) in [7, 11) is 0. The smallest absolute Gasteiger partial charge is 0.201 e. The van der Waals surface area contributed by atoms with Gasteiger partial charge < -0.3 is 4.74 Å². The number of hydrogen-bond acceptors (Lipinski definition) is 1. The molecule has 0 radical (unpaired) electrons. The molecule has 0 heterocycles. The quantitative estimate of drug-likeness (QED) is 0.337. The molecule has 3 aromatic carbocycles. The molecule has 0 amide bonds. The molecule has 1 aliphatic carbocycles. The van der Waals surface area contributed by atoms with E-state index in [1.807, 2.05) is 30.3 Å². The number of benzene rings is 3. The summed E-state index contributed by atoms with van der Waals surface area (Å²) in [6.45, 7) is 5.88. The lowest BCUT2D eigenvalue weighted by Crippen LogP contribution is -2.14. The van der Waals surface area contributed by atoms with Gasteiger partial charge in [0.25, 0.3) is 0 Å². The topological polar surface area (TPSA) is 9.23 Å². The zero-order valence-corrected chi connectivity index (χ0v) is 19.3. The zero-order valence-electron chi connectivity index (χ0n) is 19.3. The van der Waals surface area contributed by atoms with Crippen LogP contribution in [0.2, 0.25) is 0 Å². The molecular weight excluding hydrogens is 414 g/mol. The molecule has 0 spiro atoms. The van der Waals surface area contributed by atoms with Crippen molar-refractivity contribution in [2.45, 2.75) is 51.4 Å². The highest BCUT2D eigenvalue weighted by Gasteiger charge is 2.22. The minimum atomic E-state index is -0.925. The van der Waals surface area contributed by atoms with Crippen LogP contribution in [0, 0.1) is 17.6 Å². The number of hydrogen-bond donors (Lipinski definition) is 0. The highest BCUT2D eigenvalue weighted by Crippen LogP contribution is 2.38. The molecule has 1 fully saturated rings. The van der Waals surface area contributed by atoms with E-state index in [4.69, 9.17) is 4.74 Å². The third kappa shape index (κ3) is 5.52. The monoisotopic (exact) mass is 446 g/mol. The molecule has 1 nitrogen and oxygen atoms in total. The van der Waals surface area contributed by atoms with Crippen molar-refractivity contribution in [3.05, 3.63) is 95.6 Å². The molecule has 0 aliphatic heterocycles. The maximum atomic E-state index is 14.5. The van der Waals surface area contributed by atoms with Gasteiger partial charge in [0.05, 0.1) is 6.61 Å². The molecule has 33 heavy (non-hydrogen) atoms. The molecule has 172 valence electrons. The van der Waals surface area contributed by atoms with Gasteiger partial charge in [-0.15, -0.1) is 0 Å². The summed E-state index contributed by atoms with van der Waals surface area (Å²) in [6, 6.07) is 19.8. The van der Waals surface area contributed by atoms with Gasteiger partial charge in [0.15, 0.2) is 11.6 Å². The van der Waals surface area contributed by atoms with E-state index in [1.165, 1.54) is 54.9 Å². The lowest BCUT2D eigenvalue weighted by atomic mass is 9.77. The molecule has 0 bridgehead atoms. The first-order chi connectivity index (χ1) is 16.1. The molecule has 3 heteroatoms. The fourth-order valence-electron chi connectivity index (χ4n) is 4.93. The predicted molar refractivity (Wildman–Crippen MR) is 133 cm³/mol. The summed E-state index contributed by atoms with van der Waals surface area (Å²) >= 11 is 0. The Balaban J connectivity index is 1.30. The van der Waals surface area contributed by atoms with Crippen LogP contribution in [0.3, 0.4) is 0 Å². The van der Waals surface area contributed by atoms with Gasteiger partial charge in [0, 0.05) is 5.56 Å². The Morgan fingerprint density at radius 3 is 2.21 bits per heavy atom. The summed E-state index contributed by atoms with van der Waals surface area (Å²) in [5.41, 5.74) is 4.82. The van der Waals surface area contributed by atoms with E-state index in [0.717, 1.165) is 12.3 Å². The van der Waals surface area contributed by atoms with Crippen molar-refractivity contribution in [2.24, 2.45) is 5.92 Å². The van der Waals surface area contributed by atoms with Gasteiger partial charge in [-0.25, -0.2) is 4.39 Å². The molecule has 1 saturated carbocycles. The zero-order chi connectivity index (χ0) is 23.2. The lowest BCUT2D eigenvalue weighted by Gasteiger charge is -2.29. The Bertz CT molecular complexity index is 1060. The van der Waals surface area contributed by atoms with Crippen LogP contribution in [0.4, 0.5) is 8.78 Å². The Morgan fingerprint density at radius 1 is 0.879 bits per heavy atom. The maximum Gasteiger partial charge on any atom is 0.201 e. The van der Waals surface area contributed by atoms with Crippen molar-refractivity contribution >= 4 is 6.08 Å². The van der Waals surface area contributed by atoms with Crippen LogP contribution in [0.5, 0.6) is 5.75 Å². The van der Waals surface area contributed by atoms with E-state index in [2.05, 4.69) is 30.8 Å². The Labute approximate surface area is 196 Å². The maximum absolute atomic E-state index is 14.5. The van der Waals surface area contributed by atoms with Crippen molar-refractivity contribution in [3.8, 4) is 16.9 Å². The van der Waals surface area contributed by atoms with Gasteiger partial charge in [-0.1, -0.05) is 61.2 Å². The van der Waals surface area contributed by atoms with Crippen molar-refractivity contribution < 1.29 is 13.5 Å². The first kappa shape index (κ1) is 23.2. The van der Waals surface area contributed by atoms with Crippen molar-refractivity contribution in [1.29, 1.82) is 0 Å². The Morgan fingerprint density at radius 2 is 1.58 bits per heavy atom. The van der Waals surface area contributed by atoms with Gasteiger partial charge in [-0.2, -0.15) is 4.39 Å². The normalized spacial score (nSPS) is 18.2. The number of aryl methyl sites for hydroxylation is 1. The van der Waals surface area contributed by atoms with Crippen LogP contribution in [-0.4, -0.2) is 6.61 Å². The van der Waals surface area contributed by atoms with Crippen molar-refractivity contribution in [1.82, 2.24) is 0 Å². The molecule has 4 rings (SSSR count). The second kappa shape index (κ2) is 10.8. The van der Waals surface area contributed by atoms with E-state index < -0.39 is 11.6 Å². The Kier molecular flexibility index (Phi) is 7.59. The van der Waals surface area contributed by atoms with Crippen LogP contribution in [0.1, 0.15) is 61.6 Å². The molecule has 0 aromatic heterocycles. The minimum Gasteiger partial charge on any atom is -0.491 e. The summed E-state index contributed by atoms with van der Waals surface area (Å²) in [5.74, 6) is -0.399. The highest BCUT2D eigenvalue weighted by atomic mass is 19.2. The average Bonchev–Trinajstić information content (AvgIpc) is 2.87. The lowest BCUT2D eigenvalue weighted by molar-refractivity contribution is 0.310. The van der Waals surface area contributed by atoms with Gasteiger partial charge in [-0.3, -0.25) is 0 Å². The van der Waals surface area contributed by atoms with Crippen LogP contribution >= 0.6 is 0 Å². The first-order valence-electron chi connectivity index (χ1n) is 12.0. The van der Waals surface area contributed by atoms with E-state index >= 15 is 0 Å². The Hall–Kier alpha value is -2.94. The van der Waals surface area contributed by atoms with E-state index in [1.54, 1.807) is 13.0 Å². The second-order valence-corrected chi connectivity index (χ2v) is 9.00.